The lowest BCUT2D eigenvalue weighted by molar-refractivity contribution is 0.256. The lowest BCUT2D eigenvalue weighted by Gasteiger charge is -2.19. The van der Waals surface area contributed by atoms with Gasteiger partial charge in [0.1, 0.15) is 11.5 Å². The van der Waals surface area contributed by atoms with Gasteiger partial charge in [-0.2, -0.15) is 0 Å². The van der Waals surface area contributed by atoms with E-state index in [1.165, 1.54) is 0 Å². The smallest absolute Gasteiger partial charge is 0.329 e. The number of rotatable bonds is 4. The molecule has 0 aromatic heterocycles. The van der Waals surface area contributed by atoms with Crippen molar-refractivity contribution < 1.29 is 14.3 Å². The van der Waals surface area contributed by atoms with E-state index in [0.717, 1.165) is 22.9 Å². The van der Waals surface area contributed by atoms with Crippen LogP contribution in [0.5, 0.6) is 11.5 Å². The van der Waals surface area contributed by atoms with Crippen LogP contribution in [0, 0.1) is 0 Å². The number of carbonyl (C=O) groups excluding carboxylic acids is 1. The highest BCUT2D eigenvalue weighted by Gasteiger charge is 2.30. The van der Waals surface area contributed by atoms with Gasteiger partial charge < -0.3 is 9.47 Å². The van der Waals surface area contributed by atoms with Crippen molar-refractivity contribution >= 4 is 17.4 Å². The first-order valence-electron chi connectivity index (χ1n) is 7.10. The van der Waals surface area contributed by atoms with Crippen molar-refractivity contribution in [2.75, 3.05) is 37.1 Å². The van der Waals surface area contributed by atoms with Crippen molar-refractivity contribution in [2.24, 2.45) is 0 Å². The van der Waals surface area contributed by atoms with Crippen LogP contribution in [0.25, 0.3) is 0 Å². The van der Waals surface area contributed by atoms with Crippen molar-refractivity contribution in [2.45, 2.75) is 0 Å². The summed E-state index contributed by atoms with van der Waals surface area (Å²) in [6.07, 6.45) is 0. The van der Waals surface area contributed by atoms with E-state index in [-0.39, 0.29) is 6.03 Å². The minimum atomic E-state index is -0.0182. The molecular weight excluding hydrogens is 280 g/mol. The van der Waals surface area contributed by atoms with Gasteiger partial charge in [-0.3, -0.25) is 9.80 Å². The fraction of sp³-hybridized carbons (Fsp3) is 0.235. The summed E-state index contributed by atoms with van der Waals surface area (Å²) in [7, 11) is 3.25. The van der Waals surface area contributed by atoms with Gasteiger partial charge in [-0.15, -0.1) is 0 Å². The molecule has 0 unspecified atom stereocenters. The van der Waals surface area contributed by atoms with E-state index in [2.05, 4.69) is 0 Å². The molecule has 1 saturated heterocycles. The minimum Gasteiger partial charge on any atom is -0.497 e. The van der Waals surface area contributed by atoms with Crippen LogP contribution in [-0.2, 0) is 0 Å². The molecule has 0 atom stereocenters. The Morgan fingerprint density at radius 2 is 1.09 bits per heavy atom. The summed E-state index contributed by atoms with van der Waals surface area (Å²) in [6.45, 7) is 1.33. The summed E-state index contributed by atoms with van der Waals surface area (Å²) in [4.78, 5) is 16.1. The standard InChI is InChI=1S/C17H18N2O3/c1-21-15-7-3-13(4-8-15)18-11-12-19(17(18)20)14-5-9-16(22-2)10-6-14/h3-10H,11-12H2,1-2H3. The molecule has 3 rings (SSSR count). The topological polar surface area (TPSA) is 42.0 Å². The Morgan fingerprint density at radius 1 is 0.727 bits per heavy atom. The van der Waals surface area contributed by atoms with Gasteiger partial charge in [0, 0.05) is 24.5 Å². The molecule has 0 aliphatic carbocycles. The maximum Gasteiger partial charge on any atom is 0.329 e. The van der Waals surface area contributed by atoms with Crippen LogP contribution in [0.15, 0.2) is 48.5 Å². The van der Waals surface area contributed by atoms with Gasteiger partial charge in [-0.1, -0.05) is 0 Å². The molecule has 5 nitrogen and oxygen atoms in total. The summed E-state index contributed by atoms with van der Waals surface area (Å²) in [5.74, 6) is 1.56. The zero-order valence-corrected chi connectivity index (χ0v) is 12.7. The highest BCUT2D eigenvalue weighted by molar-refractivity contribution is 6.06. The third-order valence-corrected chi connectivity index (χ3v) is 3.78. The molecule has 5 heteroatoms. The number of amides is 2. The highest BCUT2D eigenvalue weighted by atomic mass is 16.5. The summed E-state index contributed by atoms with van der Waals surface area (Å²) >= 11 is 0. The average molecular weight is 298 g/mol. The Hall–Kier alpha value is -2.69. The first-order chi connectivity index (χ1) is 10.7. The molecule has 0 N–H and O–H groups in total. The van der Waals surface area contributed by atoms with Crippen molar-refractivity contribution in [1.82, 2.24) is 0 Å². The molecule has 1 heterocycles. The van der Waals surface area contributed by atoms with E-state index >= 15 is 0 Å². The predicted octanol–water partition coefficient (Wildman–Crippen LogP) is 3.15. The highest BCUT2D eigenvalue weighted by Crippen LogP contribution is 2.27. The van der Waals surface area contributed by atoms with E-state index in [1.54, 1.807) is 24.0 Å². The molecule has 22 heavy (non-hydrogen) atoms. The van der Waals surface area contributed by atoms with Gasteiger partial charge >= 0.3 is 6.03 Å². The van der Waals surface area contributed by atoms with Gasteiger partial charge in [-0.05, 0) is 48.5 Å². The number of anilines is 2. The quantitative estimate of drug-likeness (QED) is 0.870. The molecule has 0 bridgehead atoms. The van der Waals surface area contributed by atoms with Crippen LogP contribution in [0.4, 0.5) is 16.2 Å². The number of benzene rings is 2. The molecule has 2 aromatic carbocycles. The molecule has 114 valence electrons. The summed E-state index contributed by atoms with van der Waals surface area (Å²) in [5, 5.41) is 0. The second-order valence-corrected chi connectivity index (χ2v) is 4.98. The fourth-order valence-corrected chi connectivity index (χ4v) is 2.54. The van der Waals surface area contributed by atoms with Crippen LogP contribution >= 0.6 is 0 Å². The average Bonchev–Trinajstić information content (AvgIpc) is 2.96. The Bertz CT molecular complexity index is 595. The number of ether oxygens (including phenoxy) is 2. The molecular formula is C17H18N2O3. The van der Waals surface area contributed by atoms with Crippen LogP contribution in [-0.4, -0.2) is 33.3 Å². The first kappa shape index (κ1) is 14.3. The van der Waals surface area contributed by atoms with E-state index in [0.29, 0.717) is 13.1 Å². The lowest BCUT2D eigenvalue weighted by atomic mass is 10.3. The third kappa shape index (κ3) is 2.57. The summed E-state index contributed by atoms with van der Waals surface area (Å²) < 4.78 is 10.3. The molecule has 2 amide bonds. The van der Waals surface area contributed by atoms with E-state index in [1.807, 2.05) is 48.5 Å². The lowest BCUT2D eigenvalue weighted by Crippen LogP contribution is -2.31. The Labute approximate surface area is 129 Å². The van der Waals surface area contributed by atoms with E-state index < -0.39 is 0 Å². The largest absolute Gasteiger partial charge is 0.497 e. The normalized spacial score (nSPS) is 14.4. The molecule has 0 saturated carbocycles. The van der Waals surface area contributed by atoms with Gasteiger partial charge in [0.15, 0.2) is 0 Å². The molecule has 1 aliphatic heterocycles. The van der Waals surface area contributed by atoms with Crippen LogP contribution < -0.4 is 19.3 Å². The second-order valence-electron chi connectivity index (χ2n) is 4.98. The molecule has 0 spiro atoms. The number of hydrogen-bond acceptors (Lipinski definition) is 3. The second kappa shape index (κ2) is 5.97. The molecule has 1 fully saturated rings. The zero-order valence-electron chi connectivity index (χ0n) is 12.7. The van der Waals surface area contributed by atoms with Gasteiger partial charge in [-0.25, -0.2) is 4.79 Å². The van der Waals surface area contributed by atoms with Gasteiger partial charge in [0.2, 0.25) is 0 Å². The number of nitrogens with zero attached hydrogens (tertiary/aromatic N) is 2. The van der Waals surface area contributed by atoms with E-state index in [9.17, 15) is 4.79 Å². The maximum atomic E-state index is 12.6. The number of urea groups is 1. The number of hydrogen-bond donors (Lipinski definition) is 0. The van der Waals surface area contributed by atoms with Crippen LogP contribution in [0.3, 0.4) is 0 Å². The zero-order chi connectivity index (χ0) is 15.5. The summed E-state index contributed by atoms with van der Waals surface area (Å²) in [6, 6.07) is 15.0. The monoisotopic (exact) mass is 298 g/mol. The van der Waals surface area contributed by atoms with Crippen molar-refractivity contribution in [3.8, 4) is 11.5 Å². The summed E-state index contributed by atoms with van der Waals surface area (Å²) in [5.41, 5.74) is 1.75. The SMILES string of the molecule is COc1ccc(N2CCN(c3ccc(OC)cc3)C2=O)cc1. The molecule has 1 aliphatic rings. The Balaban J connectivity index is 1.78. The number of carbonyl (C=O) groups is 1. The van der Waals surface area contributed by atoms with E-state index in [4.69, 9.17) is 9.47 Å². The van der Waals surface area contributed by atoms with Crippen molar-refractivity contribution in [3.63, 3.8) is 0 Å². The molecule has 0 radical (unpaired) electrons. The maximum absolute atomic E-state index is 12.6. The van der Waals surface area contributed by atoms with Crippen molar-refractivity contribution in [3.05, 3.63) is 48.5 Å². The fourth-order valence-electron chi connectivity index (χ4n) is 2.54. The predicted molar refractivity (Wildman–Crippen MR) is 86.1 cm³/mol. The van der Waals surface area contributed by atoms with Gasteiger partial charge in [0.25, 0.3) is 0 Å². The third-order valence-electron chi connectivity index (χ3n) is 3.78. The van der Waals surface area contributed by atoms with Gasteiger partial charge in [0.05, 0.1) is 14.2 Å². The Kier molecular flexibility index (Phi) is 3.87. The molecule has 2 aromatic rings. The Morgan fingerprint density at radius 3 is 1.41 bits per heavy atom. The van der Waals surface area contributed by atoms with Crippen LogP contribution in [0.2, 0.25) is 0 Å². The number of methoxy groups -OCH3 is 2. The first-order valence-corrected chi connectivity index (χ1v) is 7.10. The minimum absolute atomic E-state index is 0.0182. The van der Waals surface area contributed by atoms with Crippen molar-refractivity contribution in [1.29, 1.82) is 0 Å². The van der Waals surface area contributed by atoms with Crippen LogP contribution in [0.1, 0.15) is 0 Å².